The van der Waals surface area contributed by atoms with Crippen molar-refractivity contribution in [3.05, 3.63) is 54.3 Å². The van der Waals surface area contributed by atoms with E-state index in [0.29, 0.717) is 17.4 Å². The van der Waals surface area contributed by atoms with Gasteiger partial charge < -0.3 is 16.4 Å². The van der Waals surface area contributed by atoms with Gasteiger partial charge in [0, 0.05) is 23.8 Å². The predicted molar refractivity (Wildman–Crippen MR) is 119 cm³/mol. The second-order valence-electron chi connectivity index (χ2n) is 8.00. The number of rotatable bonds is 6. The maximum absolute atomic E-state index is 13.2. The SMILES string of the molecule is NC(=O)C1CC(C(=O)Nc2ccc(NC3CCCCC3)cc2)=NN1c1ccc(F)cc1. The van der Waals surface area contributed by atoms with Crippen molar-refractivity contribution in [2.24, 2.45) is 10.8 Å². The van der Waals surface area contributed by atoms with E-state index in [4.69, 9.17) is 5.73 Å². The van der Waals surface area contributed by atoms with Crippen molar-refractivity contribution < 1.29 is 14.0 Å². The van der Waals surface area contributed by atoms with Gasteiger partial charge in [0.2, 0.25) is 5.91 Å². The summed E-state index contributed by atoms with van der Waals surface area (Å²) < 4.78 is 13.2. The van der Waals surface area contributed by atoms with Crippen LogP contribution < -0.4 is 21.4 Å². The lowest BCUT2D eigenvalue weighted by Crippen LogP contribution is -2.39. The zero-order chi connectivity index (χ0) is 21.8. The van der Waals surface area contributed by atoms with E-state index in [2.05, 4.69) is 15.7 Å². The Morgan fingerprint density at radius 3 is 2.26 bits per heavy atom. The summed E-state index contributed by atoms with van der Waals surface area (Å²) in [6.45, 7) is 0. The van der Waals surface area contributed by atoms with Gasteiger partial charge in [-0.05, 0) is 61.4 Å². The van der Waals surface area contributed by atoms with Crippen LogP contribution in [0.15, 0.2) is 53.6 Å². The summed E-state index contributed by atoms with van der Waals surface area (Å²) >= 11 is 0. The Balaban J connectivity index is 1.42. The van der Waals surface area contributed by atoms with Crippen LogP contribution in [0, 0.1) is 5.82 Å². The fourth-order valence-corrected chi connectivity index (χ4v) is 4.04. The van der Waals surface area contributed by atoms with Gasteiger partial charge in [-0.1, -0.05) is 19.3 Å². The van der Waals surface area contributed by atoms with Crippen LogP contribution in [0.3, 0.4) is 0 Å². The first kappa shape index (κ1) is 20.8. The average Bonchev–Trinajstić information content (AvgIpc) is 3.22. The van der Waals surface area contributed by atoms with Gasteiger partial charge in [-0.3, -0.25) is 14.6 Å². The number of nitrogens with one attached hydrogen (secondary N) is 2. The Bertz CT molecular complexity index is 968. The Labute approximate surface area is 180 Å². The number of halogens is 1. The van der Waals surface area contributed by atoms with Crippen LogP contribution in [-0.2, 0) is 9.59 Å². The third-order valence-corrected chi connectivity index (χ3v) is 5.71. The number of primary amides is 1. The Hall–Kier alpha value is -3.42. The fraction of sp³-hybridized carbons (Fsp3) is 0.348. The largest absolute Gasteiger partial charge is 0.382 e. The summed E-state index contributed by atoms with van der Waals surface area (Å²) in [5, 5.41) is 12.0. The molecule has 0 radical (unpaired) electrons. The Morgan fingerprint density at radius 2 is 1.61 bits per heavy atom. The number of carbonyl (C=O) groups is 2. The quantitative estimate of drug-likeness (QED) is 0.661. The van der Waals surface area contributed by atoms with Gasteiger partial charge in [-0.15, -0.1) is 0 Å². The molecule has 1 aliphatic heterocycles. The molecule has 2 aromatic rings. The molecule has 0 aromatic heterocycles. The zero-order valence-electron chi connectivity index (χ0n) is 17.2. The Kier molecular flexibility index (Phi) is 6.16. The molecule has 1 fully saturated rings. The third kappa shape index (κ3) is 5.02. The molecule has 1 unspecified atom stereocenters. The molecule has 2 aliphatic rings. The summed E-state index contributed by atoms with van der Waals surface area (Å²) in [6, 6.07) is 12.8. The molecule has 1 heterocycles. The fourth-order valence-electron chi connectivity index (χ4n) is 4.04. The highest BCUT2D eigenvalue weighted by Gasteiger charge is 2.35. The number of benzene rings is 2. The highest BCUT2D eigenvalue weighted by atomic mass is 19.1. The molecule has 4 N–H and O–H groups in total. The van der Waals surface area contributed by atoms with E-state index < -0.39 is 23.7 Å². The van der Waals surface area contributed by atoms with E-state index in [1.807, 2.05) is 24.3 Å². The van der Waals surface area contributed by atoms with Crippen LogP contribution >= 0.6 is 0 Å². The molecule has 2 amide bonds. The molecule has 1 aliphatic carbocycles. The maximum Gasteiger partial charge on any atom is 0.271 e. The molecule has 0 spiro atoms. The summed E-state index contributed by atoms with van der Waals surface area (Å²) in [4.78, 5) is 24.6. The molecular weight excluding hydrogens is 397 g/mol. The number of amides is 2. The van der Waals surface area contributed by atoms with Gasteiger partial charge in [0.25, 0.3) is 5.91 Å². The minimum absolute atomic E-state index is 0.0832. The molecule has 162 valence electrons. The van der Waals surface area contributed by atoms with Gasteiger partial charge in [-0.25, -0.2) is 4.39 Å². The molecule has 0 saturated heterocycles. The number of nitrogens with zero attached hydrogens (tertiary/aromatic N) is 2. The van der Waals surface area contributed by atoms with Crippen molar-refractivity contribution in [2.75, 3.05) is 15.6 Å². The first-order valence-corrected chi connectivity index (χ1v) is 10.6. The van der Waals surface area contributed by atoms with E-state index in [1.54, 1.807) is 0 Å². The lowest BCUT2D eigenvalue weighted by Gasteiger charge is -2.23. The Morgan fingerprint density at radius 1 is 0.968 bits per heavy atom. The van der Waals surface area contributed by atoms with Crippen molar-refractivity contribution in [1.82, 2.24) is 0 Å². The first-order chi connectivity index (χ1) is 15.0. The lowest BCUT2D eigenvalue weighted by atomic mass is 9.95. The van der Waals surface area contributed by atoms with Crippen LogP contribution in [-0.4, -0.2) is 29.6 Å². The van der Waals surface area contributed by atoms with Crippen LogP contribution in [0.2, 0.25) is 0 Å². The van der Waals surface area contributed by atoms with E-state index in [-0.39, 0.29) is 12.1 Å². The molecule has 0 bridgehead atoms. The molecule has 1 saturated carbocycles. The number of hydrogen-bond acceptors (Lipinski definition) is 5. The third-order valence-electron chi connectivity index (χ3n) is 5.71. The highest BCUT2D eigenvalue weighted by molar-refractivity contribution is 6.44. The molecule has 31 heavy (non-hydrogen) atoms. The van der Waals surface area contributed by atoms with E-state index in [9.17, 15) is 14.0 Å². The van der Waals surface area contributed by atoms with Gasteiger partial charge >= 0.3 is 0 Å². The number of anilines is 3. The van der Waals surface area contributed by atoms with Crippen molar-refractivity contribution in [3.8, 4) is 0 Å². The van der Waals surface area contributed by atoms with Crippen LogP contribution in [0.25, 0.3) is 0 Å². The summed E-state index contributed by atoms with van der Waals surface area (Å²) in [6.07, 6.45) is 6.28. The number of carbonyl (C=O) groups excluding carboxylic acids is 2. The average molecular weight is 423 g/mol. The predicted octanol–water partition coefficient (Wildman–Crippen LogP) is 3.63. The molecule has 2 aromatic carbocycles. The summed E-state index contributed by atoms with van der Waals surface area (Å²) in [7, 11) is 0. The summed E-state index contributed by atoms with van der Waals surface area (Å²) in [5.41, 5.74) is 7.85. The second kappa shape index (κ2) is 9.16. The van der Waals surface area contributed by atoms with Crippen molar-refractivity contribution in [3.63, 3.8) is 0 Å². The van der Waals surface area contributed by atoms with Crippen molar-refractivity contribution in [1.29, 1.82) is 0 Å². The number of hydrazone groups is 1. The molecule has 4 rings (SSSR count). The van der Waals surface area contributed by atoms with E-state index in [1.165, 1.54) is 61.4 Å². The normalized spacial score (nSPS) is 19.1. The molecule has 8 heteroatoms. The first-order valence-electron chi connectivity index (χ1n) is 10.6. The van der Waals surface area contributed by atoms with Gasteiger partial charge in [0.1, 0.15) is 17.6 Å². The minimum atomic E-state index is -0.798. The smallest absolute Gasteiger partial charge is 0.271 e. The lowest BCUT2D eigenvalue weighted by molar-refractivity contribution is -0.119. The maximum atomic E-state index is 13.2. The van der Waals surface area contributed by atoms with Gasteiger partial charge in [0.15, 0.2) is 0 Å². The number of hydrogen-bond donors (Lipinski definition) is 3. The van der Waals surface area contributed by atoms with Gasteiger partial charge in [-0.2, -0.15) is 5.10 Å². The van der Waals surface area contributed by atoms with Crippen molar-refractivity contribution >= 4 is 34.6 Å². The molecule has 1 atom stereocenters. The van der Waals surface area contributed by atoms with E-state index >= 15 is 0 Å². The van der Waals surface area contributed by atoms with Gasteiger partial charge in [0.05, 0.1) is 5.69 Å². The minimum Gasteiger partial charge on any atom is -0.382 e. The highest BCUT2D eigenvalue weighted by Crippen LogP contribution is 2.26. The molecule has 7 nitrogen and oxygen atoms in total. The summed E-state index contributed by atoms with van der Waals surface area (Å²) in [5.74, 6) is -1.40. The van der Waals surface area contributed by atoms with Crippen LogP contribution in [0.1, 0.15) is 38.5 Å². The second-order valence-corrected chi connectivity index (χ2v) is 8.00. The zero-order valence-corrected chi connectivity index (χ0v) is 17.2. The molecular formula is C23H26FN5O2. The monoisotopic (exact) mass is 423 g/mol. The van der Waals surface area contributed by atoms with Crippen molar-refractivity contribution in [2.45, 2.75) is 50.6 Å². The van der Waals surface area contributed by atoms with Crippen LogP contribution in [0.5, 0.6) is 0 Å². The topological polar surface area (TPSA) is 99.8 Å². The number of nitrogens with two attached hydrogens (primary N) is 1. The standard InChI is InChI=1S/C23H26FN5O2/c24-15-6-12-19(13-7-15)29-21(22(25)30)14-20(28-29)23(31)27-18-10-8-17(9-11-18)26-16-4-2-1-3-5-16/h6-13,16,21,26H,1-5,14H2,(H2,25,30)(H,27,31). The van der Waals surface area contributed by atoms with E-state index in [0.717, 1.165) is 5.69 Å². The van der Waals surface area contributed by atoms with Crippen LogP contribution in [0.4, 0.5) is 21.5 Å².